The van der Waals surface area contributed by atoms with E-state index in [0.717, 1.165) is 0 Å². The van der Waals surface area contributed by atoms with E-state index in [1.165, 1.54) is 19.2 Å². The van der Waals surface area contributed by atoms with E-state index in [1.807, 2.05) is 6.92 Å². The average molecular weight is 400 g/mol. The third kappa shape index (κ3) is 3.98. The smallest absolute Gasteiger partial charge is 0.316 e. The average Bonchev–Trinajstić information content (AvgIpc) is 3.20. The SMILES string of the molecule is COc1nccc(-c2[nH]c(C3OCC(C)(CO)CO3)nc2-c2ccc(F)cc2)n1. The van der Waals surface area contributed by atoms with Gasteiger partial charge in [0.25, 0.3) is 0 Å². The Balaban J connectivity index is 1.74. The van der Waals surface area contributed by atoms with Crippen LogP contribution in [0.4, 0.5) is 4.39 Å². The number of aromatic amines is 1. The minimum atomic E-state index is -0.716. The summed E-state index contributed by atoms with van der Waals surface area (Å²) in [5.41, 5.74) is 1.99. The molecule has 29 heavy (non-hydrogen) atoms. The van der Waals surface area contributed by atoms with Gasteiger partial charge in [-0.1, -0.05) is 6.92 Å². The van der Waals surface area contributed by atoms with Crippen LogP contribution in [0.2, 0.25) is 0 Å². The molecule has 0 amide bonds. The van der Waals surface area contributed by atoms with Crippen LogP contribution in [0.25, 0.3) is 22.6 Å². The number of aromatic nitrogens is 4. The molecule has 1 saturated heterocycles. The van der Waals surface area contributed by atoms with Gasteiger partial charge in [0.2, 0.25) is 6.29 Å². The highest BCUT2D eigenvalue weighted by molar-refractivity contribution is 5.76. The second-order valence-electron chi connectivity index (χ2n) is 7.20. The van der Waals surface area contributed by atoms with Gasteiger partial charge in [0, 0.05) is 17.2 Å². The molecule has 2 N–H and O–H groups in total. The number of hydrogen-bond acceptors (Lipinski definition) is 7. The van der Waals surface area contributed by atoms with Crippen LogP contribution in [0.1, 0.15) is 19.0 Å². The van der Waals surface area contributed by atoms with Crippen LogP contribution in [0.5, 0.6) is 6.01 Å². The van der Waals surface area contributed by atoms with Crippen molar-refractivity contribution in [2.24, 2.45) is 5.41 Å². The van der Waals surface area contributed by atoms with Gasteiger partial charge in [0.15, 0.2) is 5.82 Å². The molecule has 0 saturated carbocycles. The summed E-state index contributed by atoms with van der Waals surface area (Å²) in [5.74, 6) is 0.119. The second kappa shape index (κ2) is 7.86. The predicted octanol–water partition coefficient (Wildman–Crippen LogP) is 2.73. The standard InChI is InChI=1S/C20H21FN4O4/c1-20(9-26)10-28-18(29-11-20)17-24-15(12-3-5-13(21)6-4-12)16(25-17)14-7-8-22-19(23-14)27-2/h3-8,18,26H,9-11H2,1-2H3,(H,24,25). The van der Waals surface area contributed by atoms with Crippen LogP contribution >= 0.6 is 0 Å². The van der Waals surface area contributed by atoms with Crippen molar-refractivity contribution in [1.82, 2.24) is 19.9 Å². The molecule has 152 valence electrons. The largest absolute Gasteiger partial charge is 0.467 e. The summed E-state index contributed by atoms with van der Waals surface area (Å²) in [4.78, 5) is 16.3. The van der Waals surface area contributed by atoms with Crippen molar-refractivity contribution in [3.8, 4) is 28.7 Å². The Labute approximate surface area is 166 Å². The van der Waals surface area contributed by atoms with E-state index >= 15 is 0 Å². The summed E-state index contributed by atoms with van der Waals surface area (Å²) >= 11 is 0. The van der Waals surface area contributed by atoms with E-state index in [2.05, 4.69) is 19.9 Å². The summed E-state index contributed by atoms with van der Waals surface area (Å²) in [5, 5.41) is 9.48. The lowest BCUT2D eigenvalue weighted by molar-refractivity contribution is -0.239. The molecule has 0 atom stereocenters. The van der Waals surface area contributed by atoms with Crippen molar-refractivity contribution in [2.45, 2.75) is 13.2 Å². The van der Waals surface area contributed by atoms with Crippen LogP contribution in [0.3, 0.4) is 0 Å². The highest BCUT2D eigenvalue weighted by Crippen LogP contribution is 2.35. The maximum absolute atomic E-state index is 13.4. The van der Waals surface area contributed by atoms with Gasteiger partial charge >= 0.3 is 6.01 Å². The normalized spacial score (nSPS) is 21.9. The van der Waals surface area contributed by atoms with E-state index in [4.69, 9.17) is 14.2 Å². The Kier molecular flexibility index (Phi) is 5.27. The van der Waals surface area contributed by atoms with Crippen molar-refractivity contribution in [3.63, 3.8) is 0 Å². The molecule has 2 aromatic heterocycles. The quantitative estimate of drug-likeness (QED) is 0.679. The number of halogens is 1. The van der Waals surface area contributed by atoms with Gasteiger partial charge in [-0.25, -0.2) is 14.4 Å². The van der Waals surface area contributed by atoms with E-state index in [9.17, 15) is 9.50 Å². The lowest BCUT2D eigenvalue weighted by Crippen LogP contribution is -2.39. The first-order valence-corrected chi connectivity index (χ1v) is 9.09. The Morgan fingerprint density at radius 1 is 1.21 bits per heavy atom. The van der Waals surface area contributed by atoms with Crippen LogP contribution in [-0.4, -0.2) is 52.0 Å². The number of rotatable bonds is 5. The number of nitrogens with zero attached hydrogens (tertiary/aromatic N) is 3. The molecule has 1 aliphatic rings. The molecule has 0 radical (unpaired) electrons. The number of ether oxygens (including phenoxy) is 3. The highest BCUT2D eigenvalue weighted by Gasteiger charge is 2.34. The van der Waals surface area contributed by atoms with Gasteiger partial charge in [-0.15, -0.1) is 0 Å². The fourth-order valence-electron chi connectivity index (χ4n) is 2.98. The topological polar surface area (TPSA) is 102 Å². The number of hydrogen-bond donors (Lipinski definition) is 2. The van der Waals surface area contributed by atoms with E-state index in [0.29, 0.717) is 41.7 Å². The molecule has 0 bridgehead atoms. The monoisotopic (exact) mass is 400 g/mol. The van der Waals surface area contributed by atoms with E-state index in [1.54, 1.807) is 24.4 Å². The number of H-pyrrole nitrogens is 1. The molecule has 3 heterocycles. The first-order chi connectivity index (χ1) is 14.0. The molecule has 0 spiro atoms. The summed E-state index contributed by atoms with van der Waals surface area (Å²) < 4.78 is 30.1. The van der Waals surface area contributed by atoms with Crippen LogP contribution in [0, 0.1) is 11.2 Å². The van der Waals surface area contributed by atoms with Gasteiger partial charge in [-0.3, -0.25) is 0 Å². The molecular formula is C20H21FN4O4. The Morgan fingerprint density at radius 2 is 1.93 bits per heavy atom. The summed E-state index contributed by atoms with van der Waals surface area (Å²) in [6.45, 7) is 2.51. The van der Waals surface area contributed by atoms with Crippen LogP contribution in [0.15, 0.2) is 36.5 Å². The number of aliphatic hydroxyl groups is 1. The lowest BCUT2D eigenvalue weighted by Gasteiger charge is -2.35. The Bertz CT molecular complexity index is 984. The van der Waals surface area contributed by atoms with Gasteiger partial charge < -0.3 is 24.3 Å². The molecule has 0 unspecified atom stereocenters. The van der Waals surface area contributed by atoms with Crippen molar-refractivity contribution < 1.29 is 23.7 Å². The maximum atomic E-state index is 13.4. The zero-order valence-corrected chi connectivity index (χ0v) is 16.1. The second-order valence-corrected chi connectivity index (χ2v) is 7.20. The first kappa shape index (κ1) is 19.4. The van der Waals surface area contributed by atoms with Crippen LogP contribution in [-0.2, 0) is 9.47 Å². The maximum Gasteiger partial charge on any atom is 0.316 e. The zero-order valence-electron chi connectivity index (χ0n) is 16.1. The minimum absolute atomic E-state index is 0.0370. The molecule has 8 nitrogen and oxygen atoms in total. The number of aliphatic hydroxyl groups excluding tert-OH is 1. The van der Waals surface area contributed by atoms with E-state index in [-0.39, 0.29) is 18.4 Å². The van der Waals surface area contributed by atoms with Gasteiger partial charge in [0.1, 0.15) is 5.82 Å². The molecular weight excluding hydrogens is 379 g/mol. The molecule has 1 aromatic carbocycles. The number of methoxy groups -OCH3 is 1. The molecule has 9 heteroatoms. The third-order valence-electron chi connectivity index (χ3n) is 4.68. The number of nitrogens with one attached hydrogen (secondary N) is 1. The van der Waals surface area contributed by atoms with Gasteiger partial charge in [0.05, 0.1) is 44.0 Å². The number of imidazole rings is 1. The van der Waals surface area contributed by atoms with Crippen molar-refractivity contribution in [3.05, 3.63) is 48.2 Å². The van der Waals surface area contributed by atoms with Crippen molar-refractivity contribution in [1.29, 1.82) is 0 Å². The summed E-state index contributed by atoms with van der Waals surface area (Å²) in [6.07, 6.45) is 0.863. The fourth-order valence-corrected chi connectivity index (χ4v) is 2.98. The molecule has 3 aromatic rings. The third-order valence-corrected chi connectivity index (χ3v) is 4.68. The predicted molar refractivity (Wildman–Crippen MR) is 101 cm³/mol. The van der Waals surface area contributed by atoms with Gasteiger partial charge in [-0.05, 0) is 30.3 Å². The van der Waals surface area contributed by atoms with Gasteiger partial charge in [-0.2, -0.15) is 4.98 Å². The first-order valence-electron chi connectivity index (χ1n) is 9.09. The summed E-state index contributed by atoms with van der Waals surface area (Å²) in [7, 11) is 1.49. The highest BCUT2D eigenvalue weighted by atomic mass is 19.1. The zero-order chi connectivity index (χ0) is 20.4. The minimum Gasteiger partial charge on any atom is -0.467 e. The summed E-state index contributed by atoms with van der Waals surface area (Å²) in [6, 6.07) is 7.96. The molecule has 0 aliphatic carbocycles. The van der Waals surface area contributed by atoms with Crippen molar-refractivity contribution >= 4 is 0 Å². The lowest BCUT2D eigenvalue weighted by atomic mass is 9.94. The molecule has 1 fully saturated rings. The van der Waals surface area contributed by atoms with E-state index < -0.39 is 11.7 Å². The molecule has 4 rings (SSSR count). The Hall–Kier alpha value is -2.88. The van der Waals surface area contributed by atoms with Crippen molar-refractivity contribution in [2.75, 3.05) is 26.9 Å². The molecule has 1 aliphatic heterocycles. The fraction of sp³-hybridized carbons (Fsp3) is 0.350. The van der Waals surface area contributed by atoms with Crippen LogP contribution < -0.4 is 4.74 Å². The Morgan fingerprint density at radius 3 is 2.59 bits per heavy atom. The number of benzene rings is 1.